The van der Waals surface area contributed by atoms with E-state index in [0.717, 1.165) is 19.4 Å². The number of rotatable bonds is 8. The number of nitrogens with one attached hydrogen (secondary N) is 1. The molecule has 0 rings (SSSR count). The lowest BCUT2D eigenvalue weighted by Gasteiger charge is -2.09. The van der Waals surface area contributed by atoms with Crippen molar-refractivity contribution in [2.45, 2.75) is 12.8 Å². The Balaban J connectivity index is 3.45. The molecule has 0 aliphatic rings. The number of hydrogen-bond acceptors (Lipinski definition) is 3. The molecule has 0 radical (unpaired) electrons. The van der Waals surface area contributed by atoms with Crippen LogP contribution in [0.3, 0.4) is 0 Å². The molecule has 0 unspecified atom stereocenters. The first kappa shape index (κ1) is 14.2. The number of hydrogen-bond donors (Lipinski definition) is 1. The molecule has 0 atom stereocenters. The summed E-state index contributed by atoms with van der Waals surface area (Å²) < 4.78 is 24.7. The molecule has 0 aromatic carbocycles. The van der Waals surface area contributed by atoms with Gasteiger partial charge < -0.3 is 4.90 Å². The highest BCUT2D eigenvalue weighted by atomic mass is 35.5. The average molecular weight is 243 g/mol. The smallest absolute Gasteiger partial charge is 0.212 e. The van der Waals surface area contributed by atoms with Crippen LogP contribution in [0.25, 0.3) is 0 Å². The lowest BCUT2D eigenvalue weighted by Crippen LogP contribution is -2.28. The fourth-order valence-electron chi connectivity index (χ4n) is 0.954. The van der Waals surface area contributed by atoms with Crippen LogP contribution in [-0.2, 0) is 10.0 Å². The van der Waals surface area contributed by atoms with Crippen molar-refractivity contribution in [3.05, 3.63) is 0 Å². The fraction of sp³-hybridized carbons (Fsp3) is 1.00. The summed E-state index contributed by atoms with van der Waals surface area (Å²) in [7, 11) is 0.867. The van der Waals surface area contributed by atoms with Crippen LogP contribution in [0, 0.1) is 0 Å². The maximum atomic E-state index is 11.1. The molecule has 0 amide bonds. The molecule has 0 saturated heterocycles. The fourth-order valence-corrected chi connectivity index (χ4v) is 2.37. The highest BCUT2D eigenvalue weighted by molar-refractivity contribution is 7.89. The number of unbranched alkanes of at least 4 members (excludes halogenated alkanes) is 1. The van der Waals surface area contributed by atoms with E-state index >= 15 is 0 Å². The van der Waals surface area contributed by atoms with Crippen molar-refractivity contribution in [1.82, 2.24) is 9.62 Å². The maximum Gasteiger partial charge on any atom is 0.212 e. The summed E-state index contributed by atoms with van der Waals surface area (Å²) in [4.78, 5) is 2.08. The third-order valence-electron chi connectivity index (χ3n) is 1.70. The molecule has 4 nitrogen and oxygen atoms in total. The van der Waals surface area contributed by atoms with Gasteiger partial charge in [0.1, 0.15) is 0 Å². The van der Waals surface area contributed by atoms with Crippen molar-refractivity contribution < 1.29 is 8.42 Å². The second kappa shape index (κ2) is 7.45. The van der Waals surface area contributed by atoms with Crippen LogP contribution in [0.5, 0.6) is 0 Å². The zero-order valence-corrected chi connectivity index (χ0v) is 10.4. The Kier molecular flexibility index (Phi) is 7.54. The molecule has 0 aromatic rings. The van der Waals surface area contributed by atoms with Gasteiger partial charge in [-0.1, -0.05) is 0 Å². The Hall–Kier alpha value is 0.160. The van der Waals surface area contributed by atoms with E-state index in [4.69, 9.17) is 11.6 Å². The molecular weight excluding hydrogens is 224 g/mol. The Morgan fingerprint density at radius 1 is 1.29 bits per heavy atom. The monoisotopic (exact) mass is 242 g/mol. The summed E-state index contributed by atoms with van der Waals surface area (Å²) in [5, 5.41) is 0. The maximum absolute atomic E-state index is 11.1. The molecule has 14 heavy (non-hydrogen) atoms. The van der Waals surface area contributed by atoms with Crippen LogP contribution < -0.4 is 4.72 Å². The summed E-state index contributed by atoms with van der Waals surface area (Å²) in [5.41, 5.74) is 0. The second-order valence-corrected chi connectivity index (χ2v) is 5.72. The van der Waals surface area contributed by atoms with Gasteiger partial charge in [-0.3, -0.25) is 0 Å². The average Bonchev–Trinajstić information content (AvgIpc) is 2.02. The molecule has 1 N–H and O–H groups in total. The Morgan fingerprint density at radius 2 is 1.93 bits per heavy atom. The highest BCUT2D eigenvalue weighted by Crippen LogP contribution is 1.92. The van der Waals surface area contributed by atoms with Crippen LogP contribution in [0.15, 0.2) is 0 Å². The van der Waals surface area contributed by atoms with E-state index in [1.807, 2.05) is 14.1 Å². The lowest BCUT2D eigenvalue weighted by molar-refractivity contribution is 0.394. The first-order chi connectivity index (χ1) is 6.48. The number of nitrogens with zero attached hydrogens (tertiary/aromatic N) is 1. The Morgan fingerprint density at radius 3 is 2.43 bits per heavy atom. The van der Waals surface area contributed by atoms with Gasteiger partial charge in [0, 0.05) is 12.4 Å². The van der Waals surface area contributed by atoms with Crippen LogP contribution in [-0.4, -0.2) is 52.1 Å². The van der Waals surface area contributed by atoms with Gasteiger partial charge in [-0.2, -0.15) is 0 Å². The van der Waals surface area contributed by atoms with Crippen molar-refractivity contribution in [1.29, 1.82) is 0 Å². The van der Waals surface area contributed by atoms with E-state index in [2.05, 4.69) is 9.62 Å². The van der Waals surface area contributed by atoms with E-state index in [-0.39, 0.29) is 11.6 Å². The van der Waals surface area contributed by atoms with Gasteiger partial charge in [0.25, 0.3) is 0 Å². The summed E-state index contributed by atoms with van der Waals surface area (Å²) in [6.45, 7) is 1.49. The van der Waals surface area contributed by atoms with E-state index in [0.29, 0.717) is 6.54 Å². The van der Waals surface area contributed by atoms with E-state index in [1.54, 1.807) is 0 Å². The normalized spacial score (nSPS) is 12.3. The Bertz CT molecular complexity index is 229. The lowest BCUT2D eigenvalue weighted by atomic mass is 10.3. The quantitative estimate of drug-likeness (QED) is 0.498. The van der Waals surface area contributed by atoms with Gasteiger partial charge >= 0.3 is 0 Å². The highest BCUT2D eigenvalue weighted by Gasteiger charge is 2.07. The predicted molar refractivity (Wildman–Crippen MR) is 60.3 cm³/mol. The molecule has 0 aliphatic heterocycles. The molecule has 0 heterocycles. The van der Waals surface area contributed by atoms with Crippen LogP contribution in [0.2, 0.25) is 0 Å². The standard InChI is InChI=1S/C8H19ClN2O2S/c1-11(2)7-4-3-6-10-14(12,13)8-5-9/h10H,3-8H2,1-2H3. The van der Waals surface area contributed by atoms with E-state index < -0.39 is 10.0 Å². The van der Waals surface area contributed by atoms with Gasteiger partial charge in [-0.05, 0) is 33.5 Å². The largest absolute Gasteiger partial charge is 0.309 e. The minimum atomic E-state index is -3.13. The van der Waals surface area contributed by atoms with Crippen LogP contribution in [0.1, 0.15) is 12.8 Å². The minimum Gasteiger partial charge on any atom is -0.309 e. The van der Waals surface area contributed by atoms with Crippen molar-refractivity contribution >= 4 is 21.6 Å². The number of sulfonamides is 1. The van der Waals surface area contributed by atoms with Crippen molar-refractivity contribution in [2.75, 3.05) is 38.8 Å². The summed E-state index contributed by atoms with van der Waals surface area (Å²) in [5.74, 6) is 0.148. The molecule has 0 aromatic heterocycles. The van der Waals surface area contributed by atoms with Gasteiger partial charge in [0.15, 0.2) is 0 Å². The van der Waals surface area contributed by atoms with E-state index in [9.17, 15) is 8.42 Å². The minimum absolute atomic E-state index is 0.00222. The van der Waals surface area contributed by atoms with Gasteiger partial charge in [0.2, 0.25) is 10.0 Å². The molecule has 86 valence electrons. The number of alkyl halides is 1. The Labute approximate surface area is 91.7 Å². The zero-order chi connectivity index (χ0) is 11.0. The SMILES string of the molecule is CN(C)CCCCNS(=O)(=O)CCCl. The topological polar surface area (TPSA) is 49.4 Å². The molecular formula is C8H19ClN2O2S. The van der Waals surface area contributed by atoms with Crippen molar-refractivity contribution in [3.8, 4) is 0 Å². The summed E-state index contributed by atoms with van der Waals surface area (Å²) >= 11 is 5.34. The first-order valence-electron chi connectivity index (χ1n) is 4.66. The van der Waals surface area contributed by atoms with Gasteiger partial charge in [0.05, 0.1) is 5.75 Å². The van der Waals surface area contributed by atoms with Crippen molar-refractivity contribution in [3.63, 3.8) is 0 Å². The number of halogens is 1. The zero-order valence-electron chi connectivity index (χ0n) is 8.79. The third kappa shape index (κ3) is 8.74. The molecule has 0 fully saturated rings. The summed E-state index contributed by atoms with van der Waals surface area (Å²) in [6, 6.07) is 0. The van der Waals surface area contributed by atoms with Gasteiger partial charge in [-0.25, -0.2) is 13.1 Å². The molecule has 0 spiro atoms. The van der Waals surface area contributed by atoms with E-state index in [1.165, 1.54) is 0 Å². The third-order valence-corrected chi connectivity index (χ3v) is 3.50. The second-order valence-electron chi connectivity index (χ2n) is 3.41. The molecule has 6 heteroatoms. The van der Waals surface area contributed by atoms with Crippen LogP contribution in [0.4, 0.5) is 0 Å². The molecule has 0 bridgehead atoms. The van der Waals surface area contributed by atoms with Gasteiger partial charge in [-0.15, -0.1) is 11.6 Å². The predicted octanol–water partition coefficient (Wildman–Crippen LogP) is 0.486. The summed E-state index contributed by atoms with van der Waals surface area (Å²) in [6.07, 6.45) is 1.86. The first-order valence-corrected chi connectivity index (χ1v) is 6.84. The molecule has 0 saturated carbocycles. The van der Waals surface area contributed by atoms with Crippen molar-refractivity contribution in [2.24, 2.45) is 0 Å². The molecule has 0 aliphatic carbocycles. The van der Waals surface area contributed by atoms with Crippen LogP contribution >= 0.6 is 11.6 Å².